The molecule has 0 atom stereocenters. The minimum atomic E-state index is 0.262. The maximum absolute atomic E-state index is 5.65. The van der Waals surface area contributed by atoms with Gasteiger partial charge in [-0.1, -0.05) is 12.1 Å². The minimum absolute atomic E-state index is 0.262. The van der Waals surface area contributed by atoms with Crippen molar-refractivity contribution in [2.75, 3.05) is 5.73 Å². The molecule has 0 aliphatic carbocycles. The summed E-state index contributed by atoms with van der Waals surface area (Å²) < 4.78 is 0. The molecule has 0 saturated heterocycles. The van der Waals surface area contributed by atoms with E-state index in [1.54, 1.807) is 18.6 Å². The fourth-order valence-electron chi connectivity index (χ4n) is 2.51. The number of anilines is 1. The number of nitrogen functional groups attached to an aromatic ring is 1. The molecule has 0 spiro atoms. The molecule has 116 valence electrons. The van der Waals surface area contributed by atoms with Crippen LogP contribution >= 0.6 is 0 Å². The lowest BCUT2D eigenvalue weighted by atomic mass is 10.1. The Balaban J connectivity index is 1.69. The van der Waals surface area contributed by atoms with Gasteiger partial charge in [0.25, 0.3) is 0 Å². The van der Waals surface area contributed by atoms with Crippen LogP contribution in [0.4, 0.5) is 5.95 Å². The number of aromatic nitrogens is 5. The molecule has 0 saturated carbocycles. The molecule has 24 heavy (non-hydrogen) atoms. The lowest BCUT2D eigenvalue weighted by Gasteiger charge is -2.01. The zero-order chi connectivity index (χ0) is 16.4. The van der Waals surface area contributed by atoms with Gasteiger partial charge in [-0.25, -0.2) is 9.97 Å². The number of aromatic amines is 1. The van der Waals surface area contributed by atoms with E-state index < -0.39 is 0 Å². The van der Waals surface area contributed by atoms with Crippen LogP contribution in [0.3, 0.4) is 0 Å². The predicted octanol–water partition coefficient (Wildman–Crippen LogP) is 3.17. The number of hydrogen-bond acceptors (Lipinski definition) is 5. The van der Waals surface area contributed by atoms with E-state index in [1.165, 1.54) is 0 Å². The third-order valence-electron chi connectivity index (χ3n) is 3.70. The first kappa shape index (κ1) is 14.1. The summed E-state index contributed by atoms with van der Waals surface area (Å²) in [5.41, 5.74) is 10.3. The fourth-order valence-corrected chi connectivity index (χ4v) is 2.51. The fraction of sp³-hybridized carbons (Fsp3) is 0. The molecule has 3 heterocycles. The summed E-state index contributed by atoms with van der Waals surface area (Å²) in [7, 11) is 0. The number of nitrogens with one attached hydrogen (secondary N) is 1. The van der Waals surface area contributed by atoms with E-state index >= 15 is 0 Å². The van der Waals surface area contributed by atoms with Gasteiger partial charge in [-0.3, -0.25) is 10.1 Å². The average molecular weight is 314 g/mol. The lowest BCUT2D eigenvalue weighted by Crippen LogP contribution is -1.94. The Bertz CT molecular complexity index is 1020. The standard InChI is InChI=1S/C18H14N6/c19-18-21-10-7-15(22-18)13-2-3-14-16(23-24-17(14)11-13)4-1-12-5-8-20-9-6-12/h1-11H,(H,23,24)(H2,19,21,22)/b4-1+. The quantitative estimate of drug-likeness (QED) is 0.606. The minimum Gasteiger partial charge on any atom is -0.368 e. The van der Waals surface area contributed by atoms with Crippen molar-refractivity contribution in [2.45, 2.75) is 0 Å². The van der Waals surface area contributed by atoms with Crippen molar-refractivity contribution in [3.8, 4) is 11.3 Å². The summed E-state index contributed by atoms with van der Waals surface area (Å²) in [5, 5.41) is 8.49. The monoisotopic (exact) mass is 314 g/mol. The molecule has 6 nitrogen and oxygen atoms in total. The van der Waals surface area contributed by atoms with E-state index in [1.807, 2.05) is 48.6 Å². The first-order chi connectivity index (χ1) is 11.8. The highest BCUT2D eigenvalue weighted by Gasteiger charge is 2.06. The molecule has 0 fully saturated rings. The number of nitrogens with two attached hydrogens (primary N) is 1. The van der Waals surface area contributed by atoms with Crippen LogP contribution in [0.2, 0.25) is 0 Å². The maximum atomic E-state index is 5.65. The molecule has 0 aliphatic heterocycles. The number of H-pyrrole nitrogens is 1. The molecule has 0 aliphatic rings. The highest BCUT2D eigenvalue weighted by Crippen LogP contribution is 2.24. The number of benzene rings is 1. The van der Waals surface area contributed by atoms with Gasteiger partial charge in [0.1, 0.15) is 0 Å². The molecule has 0 unspecified atom stereocenters. The van der Waals surface area contributed by atoms with Crippen LogP contribution in [-0.2, 0) is 0 Å². The van der Waals surface area contributed by atoms with E-state index in [2.05, 4.69) is 25.1 Å². The van der Waals surface area contributed by atoms with Crippen molar-refractivity contribution in [3.05, 3.63) is 66.2 Å². The predicted molar refractivity (Wildman–Crippen MR) is 94.7 cm³/mol. The number of hydrogen-bond donors (Lipinski definition) is 2. The van der Waals surface area contributed by atoms with E-state index in [0.717, 1.165) is 33.4 Å². The topological polar surface area (TPSA) is 93.4 Å². The van der Waals surface area contributed by atoms with Crippen LogP contribution < -0.4 is 5.73 Å². The number of fused-ring (bicyclic) bond motifs is 1. The maximum Gasteiger partial charge on any atom is 0.220 e. The Morgan fingerprint density at radius 3 is 2.67 bits per heavy atom. The molecular weight excluding hydrogens is 300 g/mol. The van der Waals surface area contributed by atoms with Gasteiger partial charge >= 0.3 is 0 Å². The molecular formula is C18H14N6. The van der Waals surface area contributed by atoms with E-state index in [-0.39, 0.29) is 5.95 Å². The molecule has 0 bridgehead atoms. The SMILES string of the molecule is Nc1nccc(-c2ccc3c(/C=C/c4ccncc4)n[nH]c3c2)n1. The smallest absolute Gasteiger partial charge is 0.220 e. The molecule has 4 aromatic rings. The van der Waals surface area contributed by atoms with E-state index in [0.29, 0.717) is 0 Å². The molecule has 6 heteroatoms. The largest absolute Gasteiger partial charge is 0.368 e. The van der Waals surface area contributed by atoms with Gasteiger partial charge in [-0.15, -0.1) is 0 Å². The number of rotatable bonds is 3. The van der Waals surface area contributed by atoms with Gasteiger partial charge in [0, 0.05) is 29.5 Å². The van der Waals surface area contributed by atoms with Gasteiger partial charge in [0.15, 0.2) is 0 Å². The molecule has 0 amide bonds. The Kier molecular flexibility index (Phi) is 3.47. The van der Waals surface area contributed by atoms with Gasteiger partial charge in [0.2, 0.25) is 5.95 Å². The van der Waals surface area contributed by atoms with Crippen LogP contribution in [0.25, 0.3) is 34.3 Å². The van der Waals surface area contributed by atoms with Gasteiger partial charge in [0.05, 0.1) is 16.9 Å². The summed E-state index contributed by atoms with van der Waals surface area (Å²) in [5.74, 6) is 0.262. The van der Waals surface area contributed by atoms with Gasteiger partial charge in [-0.2, -0.15) is 5.10 Å². The molecule has 3 N–H and O–H groups in total. The normalized spacial score (nSPS) is 11.3. The van der Waals surface area contributed by atoms with Gasteiger partial charge < -0.3 is 5.73 Å². The third-order valence-corrected chi connectivity index (χ3v) is 3.70. The van der Waals surface area contributed by atoms with Crippen molar-refractivity contribution in [1.29, 1.82) is 0 Å². The van der Waals surface area contributed by atoms with Crippen LogP contribution in [0.15, 0.2) is 55.0 Å². The Morgan fingerprint density at radius 2 is 1.83 bits per heavy atom. The molecule has 1 aromatic carbocycles. The number of pyridine rings is 1. The summed E-state index contributed by atoms with van der Waals surface area (Å²) >= 11 is 0. The second-order valence-electron chi connectivity index (χ2n) is 5.28. The van der Waals surface area contributed by atoms with Gasteiger partial charge in [-0.05, 0) is 42.0 Å². The Labute approximate surface area is 138 Å². The van der Waals surface area contributed by atoms with Crippen LogP contribution in [0.5, 0.6) is 0 Å². The zero-order valence-corrected chi connectivity index (χ0v) is 12.7. The molecule has 3 aromatic heterocycles. The average Bonchev–Trinajstić information content (AvgIpc) is 3.03. The first-order valence-electron chi connectivity index (χ1n) is 7.45. The second kappa shape index (κ2) is 5.92. The zero-order valence-electron chi connectivity index (χ0n) is 12.7. The van der Waals surface area contributed by atoms with Crippen LogP contribution in [0, 0.1) is 0 Å². The summed E-state index contributed by atoms with van der Waals surface area (Å²) in [6.07, 6.45) is 9.18. The van der Waals surface area contributed by atoms with Crippen molar-refractivity contribution in [2.24, 2.45) is 0 Å². The molecule has 0 radical (unpaired) electrons. The summed E-state index contributed by atoms with van der Waals surface area (Å²) in [6, 6.07) is 11.8. The third kappa shape index (κ3) is 2.72. The lowest BCUT2D eigenvalue weighted by molar-refractivity contribution is 1.11. The Morgan fingerprint density at radius 1 is 0.958 bits per heavy atom. The summed E-state index contributed by atoms with van der Waals surface area (Å²) in [4.78, 5) is 12.2. The highest BCUT2D eigenvalue weighted by atomic mass is 15.1. The van der Waals surface area contributed by atoms with Crippen molar-refractivity contribution < 1.29 is 0 Å². The molecule has 4 rings (SSSR count). The van der Waals surface area contributed by atoms with E-state index in [9.17, 15) is 0 Å². The van der Waals surface area contributed by atoms with Crippen molar-refractivity contribution in [1.82, 2.24) is 25.1 Å². The van der Waals surface area contributed by atoms with E-state index in [4.69, 9.17) is 5.73 Å². The van der Waals surface area contributed by atoms with Crippen molar-refractivity contribution in [3.63, 3.8) is 0 Å². The van der Waals surface area contributed by atoms with Crippen LogP contribution in [-0.4, -0.2) is 25.1 Å². The number of nitrogens with zero attached hydrogens (tertiary/aromatic N) is 4. The summed E-state index contributed by atoms with van der Waals surface area (Å²) in [6.45, 7) is 0. The first-order valence-corrected chi connectivity index (χ1v) is 7.45. The highest BCUT2D eigenvalue weighted by molar-refractivity contribution is 5.91. The Hall–Kier alpha value is -3.54. The van der Waals surface area contributed by atoms with Crippen molar-refractivity contribution >= 4 is 29.0 Å². The second-order valence-corrected chi connectivity index (χ2v) is 5.28. The van der Waals surface area contributed by atoms with Crippen LogP contribution in [0.1, 0.15) is 11.3 Å².